The Morgan fingerprint density at radius 2 is 2.08 bits per heavy atom. The molecule has 0 radical (unpaired) electrons. The van der Waals surface area contributed by atoms with Crippen molar-refractivity contribution in [2.75, 3.05) is 13.2 Å². The van der Waals surface area contributed by atoms with Crippen molar-refractivity contribution in [2.45, 2.75) is 25.0 Å². The van der Waals surface area contributed by atoms with Gasteiger partial charge in [0, 0.05) is 17.2 Å². The lowest BCUT2D eigenvalue weighted by Crippen LogP contribution is -2.39. The zero-order valence-electron chi connectivity index (χ0n) is 12.6. The van der Waals surface area contributed by atoms with Crippen molar-refractivity contribution < 1.29 is 19.2 Å². The summed E-state index contributed by atoms with van der Waals surface area (Å²) in [6.45, 7) is 0.924. The van der Waals surface area contributed by atoms with E-state index in [1.165, 1.54) is 4.90 Å². The van der Waals surface area contributed by atoms with Crippen molar-refractivity contribution in [3.63, 3.8) is 0 Å². The van der Waals surface area contributed by atoms with Crippen LogP contribution in [0.3, 0.4) is 0 Å². The third-order valence-electron chi connectivity index (χ3n) is 4.52. The smallest absolute Gasteiger partial charge is 0.274 e. The largest absolute Gasteiger partial charge is 0.381 e. The first-order valence-corrected chi connectivity index (χ1v) is 8.48. The molecule has 2 amide bonds. The molecule has 8 heteroatoms. The summed E-state index contributed by atoms with van der Waals surface area (Å²) in [5.74, 6) is -1.45. The van der Waals surface area contributed by atoms with Crippen LogP contribution in [0.15, 0.2) is 23.4 Å². The zero-order chi connectivity index (χ0) is 16.8. The number of ether oxygens (including phenoxy) is 1. The number of hydrogen-bond acceptors (Lipinski definition) is 5. The van der Waals surface area contributed by atoms with E-state index in [2.05, 4.69) is 5.16 Å². The first kappa shape index (κ1) is 15.9. The molecular formula is C16H14Cl2N2O4. The first-order chi connectivity index (χ1) is 11.6. The molecule has 0 aliphatic carbocycles. The topological polar surface area (TPSA) is 68.2 Å². The van der Waals surface area contributed by atoms with E-state index in [0.29, 0.717) is 27.9 Å². The molecule has 3 heterocycles. The number of rotatable bonds is 3. The van der Waals surface area contributed by atoms with Crippen LogP contribution in [-0.2, 0) is 19.2 Å². The van der Waals surface area contributed by atoms with E-state index in [1.54, 1.807) is 18.2 Å². The van der Waals surface area contributed by atoms with Gasteiger partial charge in [-0.05, 0) is 25.0 Å². The van der Waals surface area contributed by atoms with Gasteiger partial charge < -0.3 is 9.57 Å². The average Bonchev–Trinajstić information content (AvgIpc) is 3.24. The summed E-state index contributed by atoms with van der Waals surface area (Å²) in [6, 6.07) is 4.90. The number of nitrogens with zero attached hydrogens (tertiary/aromatic N) is 2. The fourth-order valence-corrected chi connectivity index (χ4v) is 3.83. The Bertz CT molecular complexity index is 746. The van der Waals surface area contributed by atoms with E-state index in [0.717, 1.165) is 12.8 Å². The number of amides is 2. The summed E-state index contributed by atoms with van der Waals surface area (Å²) in [5.41, 5.74) is 0.920. The Labute approximate surface area is 148 Å². The maximum atomic E-state index is 12.8. The van der Waals surface area contributed by atoms with E-state index in [9.17, 15) is 9.59 Å². The van der Waals surface area contributed by atoms with Gasteiger partial charge in [0.15, 0.2) is 0 Å². The minimum absolute atomic E-state index is 0.101. The zero-order valence-corrected chi connectivity index (χ0v) is 14.1. The highest BCUT2D eigenvalue weighted by atomic mass is 35.5. The summed E-state index contributed by atoms with van der Waals surface area (Å²) in [4.78, 5) is 31.7. The highest BCUT2D eigenvalue weighted by Crippen LogP contribution is 2.35. The molecular weight excluding hydrogens is 355 g/mol. The van der Waals surface area contributed by atoms with E-state index in [1.807, 2.05) is 0 Å². The Morgan fingerprint density at radius 3 is 2.79 bits per heavy atom. The van der Waals surface area contributed by atoms with Crippen LogP contribution in [-0.4, -0.2) is 47.8 Å². The van der Waals surface area contributed by atoms with Gasteiger partial charge in [0.25, 0.3) is 5.91 Å². The third-order valence-corrected chi connectivity index (χ3v) is 5.07. The molecule has 4 rings (SSSR count). The SMILES string of the molecule is O=C1[C@@H]2C(c3ccc(Cl)cc3Cl)=NO[C@H]2C(=O)N1C[C@H]1CCCO1. The molecule has 0 aromatic heterocycles. The predicted octanol–water partition coefficient (Wildman–Crippen LogP) is 2.26. The summed E-state index contributed by atoms with van der Waals surface area (Å²) in [7, 11) is 0. The van der Waals surface area contributed by atoms with Gasteiger partial charge in [0.1, 0.15) is 11.6 Å². The summed E-state index contributed by atoms with van der Waals surface area (Å²) < 4.78 is 5.52. The fourth-order valence-electron chi connectivity index (χ4n) is 3.32. The van der Waals surface area contributed by atoms with Crippen LogP contribution < -0.4 is 0 Å². The molecule has 0 N–H and O–H groups in total. The van der Waals surface area contributed by atoms with Crippen molar-refractivity contribution in [3.05, 3.63) is 33.8 Å². The van der Waals surface area contributed by atoms with Crippen molar-refractivity contribution in [3.8, 4) is 0 Å². The summed E-state index contributed by atoms with van der Waals surface area (Å²) >= 11 is 12.1. The third kappa shape index (κ3) is 2.49. The number of likely N-dealkylation sites (tertiary alicyclic amines) is 1. The molecule has 0 unspecified atom stereocenters. The molecule has 2 fully saturated rings. The molecule has 0 spiro atoms. The van der Waals surface area contributed by atoms with Gasteiger partial charge in [-0.25, -0.2) is 0 Å². The lowest BCUT2D eigenvalue weighted by molar-refractivity contribution is -0.143. The van der Waals surface area contributed by atoms with Crippen LogP contribution in [0.1, 0.15) is 18.4 Å². The standard InChI is InChI=1S/C16H14Cl2N2O4/c17-8-3-4-10(11(18)6-8)13-12-14(24-19-13)16(22)20(15(12)21)7-9-2-1-5-23-9/h3-4,6,9,12,14H,1-2,5,7H2/t9-,12-,14-/m1/s1. The molecule has 3 aliphatic rings. The molecule has 126 valence electrons. The molecule has 1 aromatic carbocycles. The summed E-state index contributed by atoms with van der Waals surface area (Å²) in [5, 5.41) is 4.78. The van der Waals surface area contributed by atoms with Gasteiger partial charge in [-0.1, -0.05) is 34.4 Å². The van der Waals surface area contributed by atoms with Crippen molar-refractivity contribution in [1.29, 1.82) is 0 Å². The Morgan fingerprint density at radius 1 is 1.25 bits per heavy atom. The first-order valence-electron chi connectivity index (χ1n) is 7.72. The van der Waals surface area contributed by atoms with Crippen LogP contribution in [0.25, 0.3) is 0 Å². The molecule has 0 bridgehead atoms. The molecule has 1 aromatic rings. The van der Waals surface area contributed by atoms with E-state index < -0.39 is 12.0 Å². The molecule has 24 heavy (non-hydrogen) atoms. The maximum absolute atomic E-state index is 12.8. The van der Waals surface area contributed by atoms with Crippen molar-refractivity contribution >= 4 is 40.7 Å². The number of fused-ring (bicyclic) bond motifs is 1. The molecule has 3 aliphatic heterocycles. The van der Waals surface area contributed by atoms with Crippen LogP contribution in [0, 0.1) is 5.92 Å². The minimum Gasteiger partial charge on any atom is -0.381 e. The Balaban J connectivity index is 1.60. The minimum atomic E-state index is -0.916. The fraction of sp³-hybridized carbons (Fsp3) is 0.438. The Kier molecular flexibility index (Phi) is 3.98. The van der Waals surface area contributed by atoms with Crippen LogP contribution in [0.5, 0.6) is 0 Å². The number of benzene rings is 1. The second-order valence-electron chi connectivity index (χ2n) is 6.03. The number of carbonyl (C=O) groups excluding carboxylic acids is 2. The predicted molar refractivity (Wildman–Crippen MR) is 87.1 cm³/mol. The lowest BCUT2D eigenvalue weighted by Gasteiger charge is -2.19. The highest BCUT2D eigenvalue weighted by molar-refractivity contribution is 6.38. The second kappa shape index (κ2) is 6.02. The quantitative estimate of drug-likeness (QED) is 0.767. The number of hydrogen-bond donors (Lipinski definition) is 0. The summed E-state index contributed by atoms with van der Waals surface area (Å²) in [6.07, 6.45) is 0.769. The lowest BCUT2D eigenvalue weighted by atomic mass is 9.94. The van der Waals surface area contributed by atoms with Gasteiger partial charge in [-0.3, -0.25) is 14.5 Å². The maximum Gasteiger partial charge on any atom is 0.274 e. The average molecular weight is 369 g/mol. The monoisotopic (exact) mass is 368 g/mol. The van der Waals surface area contributed by atoms with Crippen LogP contribution >= 0.6 is 23.2 Å². The van der Waals surface area contributed by atoms with Crippen molar-refractivity contribution in [2.24, 2.45) is 11.1 Å². The van der Waals surface area contributed by atoms with Crippen LogP contribution in [0.4, 0.5) is 0 Å². The van der Waals surface area contributed by atoms with Gasteiger partial charge in [-0.2, -0.15) is 0 Å². The molecule has 0 saturated carbocycles. The number of halogens is 2. The number of oxime groups is 1. The van der Waals surface area contributed by atoms with E-state index in [-0.39, 0.29) is 24.5 Å². The van der Waals surface area contributed by atoms with Gasteiger partial charge in [0.05, 0.1) is 17.7 Å². The van der Waals surface area contributed by atoms with E-state index >= 15 is 0 Å². The molecule has 3 atom stereocenters. The van der Waals surface area contributed by atoms with Gasteiger partial charge in [-0.15, -0.1) is 0 Å². The van der Waals surface area contributed by atoms with Gasteiger partial charge >= 0.3 is 0 Å². The van der Waals surface area contributed by atoms with Crippen LogP contribution in [0.2, 0.25) is 10.0 Å². The molecule has 2 saturated heterocycles. The normalized spacial score (nSPS) is 29.0. The van der Waals surface area contributed by atoms with Gasteiger partial charge in [0.2, 0.25) is 12.0 Å². The molecule has 6 nitrogen and oxygen atoms in total. The highest BCUT2D eigenvalue weighted by Gasteiger charge is 2.56. The number of imide groups is 1. The number of carbonyl (C=O) groups is 2. The van der Waals surface area contributed by atoms with E-state index in [4.69, 9.17) is 32.8 Å². The Hall–Kier alpha value is -1.63. The second-order valence-corrected chi connectivity index (χ2v) is 6.87. The van der Waals surface area contributed by atoms with Crippen molar-refractivity contribution in [1.82, 2.24) is 4.90 Å².